The van der Waals surface area contributed by atoms with E-state index in [1.54, 1.807) is 43.8 Å². The van der Waals surface area contributed by atoms with Crippen LogP contribution in [0.25, 0.3) is 0 Å². The second-order valence-electron chi connectivity index (χ2n) is 10.6. The van der Waals surface area contributed by atoms with Gasteiger partial charge in [-0.15, -0.1) is 0 Å². The summed E-state index contributed by atoms with van der Waals surface area (Å²) in [6.45, 7) is 6.08. The van der Waals surface area contributed by atoms with Crippen LogP contribution in [-0.4, -0.2) is 72.1 Å². The Kier molecular flexibility index (Phi) is 8.45. The first-order valence-corrected chi connectivity index (χ1v) is 13.6. The highest BCUT2D eigenvalue weighted by atomic mass is 16.5. The molecule has 4 bridgehead atoms. The van der Waals surface area contributed by atoms with Gasteiger partial charge in [-0.3, -0.25) is 14.6 Å². The number of carbonyl (C=O) groups excluding carboxylic acids is 2. The van der Waals surface area contributed by atoms with E-state index in [-0.39, 0.29) is 30.5 Å². The Morgan fingerprint density at radius 2 is 2.00 bits per heavy atom. The maximum absolute atomic E-state index is 13.4. The topological polar surface area (TPSA) is 106 Å². The molecule has 210 valence electrons. The number of piperidine rings is 1. The molecule has 2 aromatic carbocycles. The summed E-state index contributed by atoms with van der Waals surface area (Å²) < 4.78 is 18.5. The lowest BCUT2D eigenvalue weighted by atomic mass is 10.0. The summed E-state index contributed by atoms with van der Waals surface area (Å²) in [5.41, 5.74) is 1.31. The highest BCUT2D eigenvalue weighted by Gasteiger charge is 2.32. The van der Waals surface area contributed by atoms with Crippen molar-refractivity contribution in [2.45, 2.75) is 39.0 Å². The summed E-state index contributed by atoms with van der Waals surface area (Å²) in [6, 6.07) is 12.6. The van der Waals surface area contributed by atoms with Gasteiger partial charge in [0.05, 0.1) is 38.1 Å². The predicted octanol–water partition coefficient (Wildman–Crippen LogP) is 3.67. The van der Waals surface area contributed by atoms with E-state index in [1.165, 1.54) is 4.90 Å². The van der Waals surface area contributed by atoms with E-state index < -0.39 is 0 Å². The smallest absolute Gasteiger partial charge is 0.254 e. The molecule has 1 aromatic heterocycles. The lowest BCUT2D eigenvalue weighted by Gasteiger charge is -2.39. The maximum atomic E-state index is 13.4. The van der Waals surface area contributed by atoms with Gasteiger partial charge in [-0.1, -0.05) is 26.0 Å². The first-order chi connectivity index (χ1) is 19.3. The fourth-order valence-electron chi connectivity index (χ4n) is 4.81. The van der Waals surface area contributed by atoms with Crippen LogP contribution in [0.4, 0.5) is 5.82 Å². The third kappa shape index (κ3) is 6.87. The molecule has 0 aliphatic carbocycles. The molecule has 3 aromatic rings. The molecule has 2 aliphatic heterocycles. The molecule has 2 amide bonds. The minimum absolute atomic E-state index is 0.0950. The molecule has 40 heavy (non-hydrogen) atoms. The van der Waals surface area contributed by atoms with Crippen molar-refractivity contribution in [2.75, 3.05) is 38.2 Å². The predicted molar refractivity (Wildman–Crippen MR) is 150 cm³/mol. The molecular weight excluding hydrogens is 510 g/mol. The van der Waals surface area contributed by atoms with Crippen LogP contribution in [0, 0.1) is 5.92 Å². The summed E-state index contributed by atoms with van der Waals surface area (Å²) in [7, 11) is 1.61. The molecule has 5 rings (SSSR count). The average molecular weight is 546 g/mol. The Hall–Kier alpha value is -4.18. The fraction of sp³-hybridized carbons (Fsp3) is 0.400. The van der Waals surface area contributed by atoms with Gasteiger partial charge in [-0.2, -0.15) is 0 Å². The van der Waals surface area contributed by atoms with E-state index in [2.05, 4.69) is 34.0 Å². The number of anilines is 1. The number of hydrogen-bond acceptors (Lipinski definition) is 8. The largest absolute Gasteiger partial charge is 0.493 e. The molecule has 0 radical (unpaired) electrons. The Balaban J connectivity index is 1.43. The van der Waals surface area contributed by atoms with Gasteiger partial charge >= 0.3 is 0 Å². The quantitative estimate of drug-likeness (QED) is 0.530. The molecule has 10 heteroatoms. The van der Waals surface area contributed by atoms with Crippen molar-refractivity contribution in [3.05, 3.63) is 72.2 Å². The number of likely N-dealkylation sites (N-methyl/N-ethyl adjacent to an activating group) is 1. The molecule has 2 aliphatic rings. The number of nitrogens with one attached hydrogen (secondary N) is 1. The summed E-state index contributed by atoms with van der Waals surface area (Å²) in [5.74, 6) is 2.15. The third-order valence-electron chi connectivity index (χ3n) is 6.82. The standard InChI is InChI=1S/C30H35N5O5/c1-20(2)18-38-24-12-22-13-25(14-24)40-23-6-4-5-21(11-23)19-39-27-16-35(28-15-31-8-9-32-28)10-7-26(27)33-29(36)17-34(3)30(22)37/h4-6,8-9,11-15,20,26-27H,7,10,16-19H2,1-3H3,(H,33,36)/t26-,27-/m0/s1. The molecule has 0 saturated carbocycles. The molecule has 1 saturated heterocycles. The van der Waals surface area contributed by atoms with E-state index >= 15 is 0 Å². The van der Waals surface area contributed by atoms with Crippen molar-refractivity contribution in [3.63, 3.8) is 0 Å². The summed E-state index contributed by atoms with van der Waals surface area (Å²) in [4.78, 5) is 38.6. The van der Waals surface area contributed by atoms with E-state index in [4.69, 9.17) is 14.2 Å². The number of aromatic nitrogens is 2. The van der Waals surface area contributed by atoms with Crippen LogP contribution >= 0.6 is 0 Å². The van der Waals surface area contributed by atoms with Gasteiger partial charge in [-0.25, -0.2) is 4.98 Å². The zero-order valence-electron chi connectivity index (χ0n) is 23.1. The number of ether oxygens (including phenoxy) is 3. The molecule has 1 fully saturated rings. The molecule has 0 spiro atoms. The second kappa shape index (κ2) is 12.3. The van der Waals surface area contributed by atoms with Crippen LogP contribution in [0.1, 0.15) is 36.2 Å². The van der Waals surface area contributed by atoms with Gasteiger partial charge in [-0.05, 0) is 42.2 Å². The summed E-state index contributed by atoms with van der Waals surface area (Å²) >= 11 is 0. The van der Waals surface area contributed by atoms with Gasteiger partial charge in [0.25, 0.3) is 5.91 Å². The van der Waals surface area contributed by atoms with Crippen molar-refractivity contribution < 1.29 is 23.8 Å². The highest BCUT2D eigenvalue weighted by Crippen LogP contribution is 2.30. The molecular formula is C30H35N5O5. The van der Waals surface area contributed by atoms with E-state index in [9.17, 15) is 9.59 Å². The van der Waals surface area contributed by atoms with Crippen molar-refractivity contribution in [2.24, 2.45) is 5.92 Å². The molecule has 10 nitrogen and oxygen atoms in total. The summed E-state index contributed by atoms with van der Waals surface area (Å²) in [5, 5.41) is 3.11. The van der Waals surface area contributed by atoms with E-state index in [0.29, 0.717) is 61.5 Å². The monoisotopic (exact) mass is 545 g/mol. The van der Waals surface area contributed by atoms with Crippen LogP contribution in [-0.2, 0) is 16.1 Å². The third-order valence-corrected chi connectivity index (χ3v) is 6.82. The Bertz CT molecular complexity index is 1340. The van der Waals surface area contributed by atoms with Gasteiger partial charge in [0.15, 0.2) is 0 Å². The highest BCUT2D eigenvalue weighted by molar-refractivity contribution is 5.97. The SMILES string of the molecule is CC(C)COc1cc2cc(c1)C(=O)N(C)CC(=O)N[C@H]1CCN(c3cnccn3)C[C@@H]1OCc1cccc(c1)O2. The van der Waals surface area contributed by atoms with Gasteiger partial charge in [0, 0.05) is 44.2 Å². The minimum atomic E-state index is -0.305. The Morgan fingerprint density at radius 3 is 2.80 bits per heavy atom. The normalized spacial score (nSPS) is 20.0. The molecule has 0 unspecified atom stereocenters. The number of hydrogen-bond donors (Lipinski definition) is 1. The minimum Gasteiger partial charge on any atom is -0.493 e. The lowest BCUT2D eigenvalue weighted by molar-refractivity contribution is -0.123. The number of carbonyl (C=O) groups is 2. The number of rotatable bonds is 4. The Morgan fingerprint density at radius 1 is 1.12 bits per heavy atom. The van der Waals surface area contributed by atoms with Crippen LogP contribution in [0.5, 0.6) is 17.2 Å². The van der Waals surface area contributed by atoms with Gasteiger partial charge < -0.3 is 29.3 Å². The van der Waals surface area contributed by atoms with Gasteiger partial charge in [0.1, 0.15) is 23.1 Å². The maximum Gasteiger partial charge on any atom is 0.254 e. The molecule has 3 heterocycles. The van der Waals surface area contributed by atoms with Crippen molar-refractivity contribution in [3.8, 4) is 17.2 Å². The van der Waals surface area contributed by atoms with E-state index in [0.717, 1.165) is 11.4 Å². The first-order valence-electron chi connectivity index (χ1n) is 13.6. The molecule has 2 atom stereocenters. The average Bonchev–Trinajstić information content (AvgIpc) is 2.95. The lowest BCUT2D eigenvalue weighted by Crippen LogP contribution is -2.56. The first kappa shape index (κ1) is 27.4. The van der Waals surface area contributed by atoms with Crippen LogP contribution in [0.2, 0.25) is 0 Å². The molecule has 1 N–H and O–H groups in total. The number of nitrogens with zero attached hydrogens (tertiary/aromatic N) is 4. The second-order valence-corrected chi connectivity index (χ2v) is 10.6. The van der Waals surface area contributed by atoms with Gasteiger partial charge in [0.2, 0.25) is 5.91 Å². The van der Waals surface area contributed by atoms with Crippen molar-refractivity contribution in [1.29, 1.82) is 0 Å². The number of benzene rings is 2. The zero-order chi connectivity index (χ0) is 28.1. The van der Waals surface area contributed by atoms with Crippen LogP contribution < -0.4 is 19.7 Å². The van der Waals surface area contributed by atoms with Crippen LogP contribution in [0.3, 0.4) is 0 Å². The number of amides is 2. The zero-order valence-corrected chi connectivity index (χ0v) is 23.1. The fourth-order valence-corrected chi connectivity index (χ4v) is 4.81. The number of fused-ring (bicyclic) bond motifs is 5. The van der Waals surface area contributed by atoms with E-state index in [1.807, 2.05) is 24.3 Å². The Labute approximate surface area is 234 Å². The van der Waals surface area contributed by atoms with Crippen molar-refractivity contribution in [1.82, 2.24) is 20.2 Å². The summed E-state index contributed by atoms with van der Waals surface area (Å²) in [6.07, 6.45) is 5.39. The van der Waals surface area contributed by atoms with Crippen LogP contribution in [0.15, 0.2) is 61.1 Å². The van der Waals surface area contributed by atoms with Crippen molar-refractivity contribution >= 4 is 17.6 Å².